The molecule has 0 amide bonds. The van der Waals surface area contributed by atoms with Crippen molar-refractivity contribution in [3.05, 3.63) is 107 Å². The topological polar surface area (TPSA) is 46.5 Å². The van der Waals surface area contributed by atoms with E-state index in [0.717, 1.165) is 23.1 Å². The molecule has 4 aromatic rings. The van der Waals surface area contributed by atoms with Crippen LogP contribution in [0.15, 0.2) is 84.9 Å². The van der Waals surface area contributed by atoms with Crippen LogP contribution in [0, 0.1) is 5.82 Å². The molecule has 0 spiro atoms. The molecule has 0 aliphatic rings. The van der Waals surface area contributed by atoms with Crippen molar-refractivity contribution in [3.8, 4) is 33.8 Å². The van der Waals surface area contributed by atoms with Gasteiger partial charge in [0.2, 0.25) is 5.82 Å². The molecule has 190 valence electrons. The first-order valence-corrected chi connectivity index (χ1v) is 13.0. The number of carbonyl (C=O) groups excluding carboxylic acids is 1. The molecule has 0 fully saturated rings. The lowest BCUT2D eigenvalue weighted by Gasteiger charge is -2.10. The number of phenols is 1. The highest BCUT2D eigenvalue weighted by Crippen LogP contribution is 2.31. The minimum Gasteiger partial charge on any atom is -0.504 e. The van der Waals surface area contributed by atoms with Crippen molar-refractivity contribution in [2.75, 3.05) is 6.61 Å². The molecule has 3 nitrogen and oxygen atoms in total. The number of ketones is 1. The van der Waals surface area contributed by atoms with E-state index in [2.05, 4.69) is 55.5 Å². The predicted molar refractivity (Wildman–Crippen MR) is 148 cm³/mol. The van der Waals surface area contributed by atoms with E-state index in [0.29, 0.717) is 0 Å². The molecule has 1 N–H and O–H groups in total. The zero-order chi connectivity index (χ0) is 26.2. The number of hydrogen-bond acceptors (Lipinski definition) is 3. The summed E-state index contributed by atoms with van der Waals surface area (Å²) in [4.78, 5) is 12.7. The van der Waals surface area contributed by atoms with Gasteiger partial charge in [-0.3, -0.25) is 4.79 Å². The third-order valence-corrected chi connectivity index (χ3v) is 6.57. The van der Waals surface area contributed by atoms with Crippen LogP contribution in [0.4, 0.5) is 4.39 Å². The molecule has 0 atom stereocenters. The van der Waals surface area contributed by atoms with Gasteiger partial charge < -0.3 is 9.84 Å². The minimum absolute atomic E-state index is 0.0467. The van der Waals surface area contributed by atoms with Gasteiger partial charge >= 0.3 is 0 Å². The molecule has 0 saturated heterocycles. The number of Topliss-reactive ketones (excluding diaryl/α,β-unsaturated/α-hetero) is 1. The molecule has 4 heteroatoms. The van der Waals surface area contributed by atoms with E-state index in [-0.39, 0.29) is 30.1 Å². The van der Waals surface area contributed by atoms with Crippen molar-refractivity contribution in [2.45, 2.75) is 46.0 Å². The maximum absolute atomic E-state index is 14.3. The SMILES string of the molecule is CCCCCc1ccc(-c2ccc(-c3ccc(CC(=O)c4ccc(OCC)c(F)c4O)cc3)cc2)cc1. The van der Waals surface area contributed by atoms with Crippen LogP contribution in [0.5, 0.6) is 11.5 Å². The van der Waals surface area contributed by atoms with Gasteiger partial charge in [-0.05, 0) is 65.3 Å². The molecule has 0 heterocycles. The van der Waals surface area contributed by atoms with Crippen LogP contribution in [0.3, 0.4) is 0 Å². The maximum Gasteiger partial charge on any atom is 0.207 e. The molecule has 0 aromatic heterocycles. The average molecular weight is 497 g/mol. The zero-order valence-corrected chi connectivity index (χ0v) is 21.5. The van der Waals surface area contributed by atoms with Crippen LogP contribution in [0.25, 0.3) is 22.3 Å². The summed E-state index contributed by atoms with van der Waals surface area (Å²) >= 11 is 0. The molecular formula is C33H33FO3. The van der Waals surface area contributed by atoms with Gasteiger partial charge in [0.05, 0.1) is 12.2 Å². The Balaban J connectivity index is 1.40. The van der Waals surface area contributed by atoms with Gasteiger partial charge in [0.15, 0.2) is 17.3 Å². The second kappa shape index (κ2) is 12.4. The van der Waals surface area contributed by atoms with E-state index in [9.17, 15) is 14.3 Å². The summed E-state index contributed by atoms with van der Waals surface area (Å²) in [5.74, 6) is -1.99. The minimum atomic E-state index is -0.908. The number of hydrogen-bond donors (Lipinski definition) is 1. The molecule has 0 aliphatic heterocycles. The Hall–Kier alpha value is -3.92. The van der Waals surface area contributed by atoms with Crippen LogP contribution >= 0.6 is 0 Å². The van der Waals surface area contributed by atoms with Crippen molar-refractivity contribution in [2.24, 2.45) is 0 Å². The Morgan fingerprint density at radius 2 is 1.24 bits per heavy atom. The van der Waals surface area contributed by atoms with Crippen molar-refractivity contribution in [3.63, 3.8) is 0 Å². The summed E-state index contributed by atoms with van der Waals surface area (Å²) in [6, 6.07) is 27.8. The Kier molecular flexibility index (Phi) is 8.73. The number of aryl methyl sites for hydroxylation is 1. The predicted octanol–water partition coefficient (Wildman–Crippen LogP) is 8.42. The second-order valence-electron chi connectivity index (χ2n) is 9.24. The molecular weight excluding hydrogens is 463 g/mol. The van der Waals surface area contributed by atoms with Gasteiger partial charge in [-0.2, -0.15) is 4.39 Å². The van der Waals surface area contributed by atoms with Gasteiger partial charge in [-0.15, -0.1) is 0 Å². The summed E-state index contributed by atoms with van der Waals surface area (Å²) in [6.07, 6.45) is 4.94. The van der Waals surface area contributed by atoms with Gasteiger partial charge in [-0.1, -0.05) is 92.6 Å². The van der Waals surface area contributed by atoms with Crippen LogP contribution in [0.1, 0.15) is 54.6 Å². The highest BCUT2D eigenvalue weighted by Gasteiger charge is 2.19. The Bertz CT molecular complexity index is 1320. The van der Waals surface area contributed by atoms with E-state index < -0.39 is 11.6 Å². The lowest BCUT2D eigenvalue weighted by molar-refractivity contribution is 0.0989. The molecule has 0 bridgehead atoms. The lowest BCUT2D eigenvalue weighted by Crippen LogP contribution is -2.06. The molecule has 0 radical (unpaired) electrons. The first-order valence-electron chi connectivity index (χ1n) is 13.0. The van der Waals surface area contributed by atoms with E-state index in [1.54, 1.807) is 6.92 Å². The van der Waals surface area contributed by atoms with Crippen molar-refractivity contribution >= 4 is 5.78 Å². The third-order valence-electron chi connectivity index (χ3n) is 6.57. The second-order valence-corrected chi connectivity index (χ2v) is 9.24. The first kappa shape index (κ1) is 26.2. The number of benzene rings is 4. The van der Waals surface area contributed by atoms with Crippen molar-refractivity contribution in [1.29, 1.82) is 0 Å². The van der Waals surface area contributed by atoms with E-state index in [1.807, 2.05) is 24.3 Å². The highest BCUT2D eigenvalue weighted by atomic mass is 19.1. The summed E-state index contributed by atoms with van der Waals surface area (Å²) in [5.41, 5.74) is 6.64. The van der Waals surface area contributed by atoms with Gasteiger partial charge in [0.1, 0.15) is 0 Å². The number of unbranched alkanes of at least 4 members (excludes halogenated alkanes) is 2. The summed E-state index contributed by atoms with van der Waals surface area (Å²) in [6.45, 7) is 4.22. The van der Waals surface area contributed by atoms with Crippen molar-refractivity contribution in [1.82, 2.24) is 0 Å². The molecule has 0 saturated carbocycles. The van der Waals surface area contributed by atoms with Crippen LogP contribution in [0.2, 0.25) is 0 Å². The van der Waals surface area contributed by atoms with Crippen molar-refractivity contribution < 1.29 is 19.0 Å². The third kappa shape index (κ3) is 6.45. The van der Waals surface area contributed by atoms with Crippen LogP contribution in [-0.4, -0.2) is 17.5 Å². The molecule has 37 heavy (non-hydrogen) atoms. The standard InChI is InChI=1S/C33H33FO3/c1-3-5-6-7-23-8-12-25(13-9-23)27-16-18-28(19-17-27)26-14-10-24(11-15-26)22-30(35)29-20-21-31(37-4-2)32(34)33(29)36/h8-21,36H,3-7,22H2,1-2H3. The number of phenolic OH excluding ortho intramolecular Hbond substituents is 1. The van der Waals surface area contributed by atoms with E-state index >= 15 is 0 Å². The van der Waals surface area contributed by atoms with E-state index in [1.165, 1.54) is 48.1 Å². The quantitative estimate of drug-likeness (QED) is 0.167. The fourth-order valence-corrected chi connectivity index (χ4v) is 4.43. The fourth-order valence-electron chi connectivity index (χ4n) is 4.43. The lowest BCUT2D eigenvalue weighted by atomic mass is 9.97. The molecule has 0 unspecified atom stereocenters. The highest BCUT2D eigenvalue weighted by molar-refractivity contribution is 6.00. The smallest absolute Gasteiger partial charge is 0.207 e. The number of ether oxygens (including phenoxy) is 1. The van der Waals surface area contributed by atoms with Crippen LogP contribution < -0.4 is 4.74 Å². The van der Waals surface area contributed by atoms with E-state index in [4.69, 9.17) is 4.74 Å². The molecule has 4 rings (SSSR count). The number of halogens is 1. The Morgan fingerprint density at radius 3 is 1.76 bits per heavy atom. The monoisotopic (exact) mass is 496 g/mol. The number of aromatic hydroxyl groups is 1. The molecule has 0 aliphatic carbocycles. The average Bonchev–Trinajstić information content (AvgIpc) is 2.92. The largest absolute Gasteiger partial charge is 0.504 e. The maximum atomic E-state index is 14.3. The normalized spacial score (nSPS) is 10.9. The van der Waals surface area contributed by atoms with Crippen LogP contribution in [-0.2, 0) is 12.8 Å². The summed E-state index contributed by atoms with van der Waals surface area (Å²) in [5, 5.41) is 10.1. The fraction of sp³-hybridized carbons (Fsp3) is 0.242. The van der Waals surface area contributed by atoms with Gasteiger partial charge in [-0.25, -0.2) is 0 Å². The van der Waals surface area contributed by atoms with Gasteiger partial charge in [0.25, 0.3) is 0 Å². The zero-order valence-electron chi connectivity index (χ0n) is 21.5. The Morgan fingerprint density at radius 1 is 0.730 bits per heavy atom. The number of rotatable bonds is 11. The summed E-state index contributed by atoms with van der Waals surface area (Å²) < 4.78 is 19.4. The first-order chi connectivity index (χ1) is 18.0. The van der Waals surface area contributed by atoms with Gasteiger partial charge in [0, 0.05) is 6.42 Å². The number of carbonyl (C=O) groups is 1. The summed E-state index contributed by atoms with van der Waals surface area (Å²) in [7, 11) is 0. The Labute approximate surface area is 218 Å². The molecule has 4 aromatic carbocycles.